The highest BCUT2D eigenvalue weighted by Gasteiger charge is 2.47. The lowest BCUT2D eigenvalue weighted by Crippen LogP contribution is -3.20. The monoisotopic (exact) mass is 320 g/mol. The molecule has 7 heteroatoms. The molecule has 1 aromatic rings. The van der Waals surface area contributed by atoms with Gasteiger partial charge < -0.3 is 15.0 Å². The van der Waals surface area contributed by atoms with Crippen LogP contribution < -0.4 is 10.2 Å². The van der Waals surface area contributed by atoms with Crippen LogP contribution in [0.1, 0.15) is 31.4 Å². The molecule has 0 aromatic carbocycles. The van der Waals surface area contributed by atoms with E-state index < -0.39 is 0 Å². The molecule has 4 atom stereocenters. The average molecular weight is 320 g/mol. The van der Waals surface area contributed by atoms with Gasteiger partial charge in [0, 0.05) is 26.0 Å². The van der Waals surface area contributed by atoms with Crippen molar-refractivity contribution in [1.82, 2.24) is 20.3 Å². The topological polar surface area (TPSA) is 73.5 Å². The van der Waals surface area contributed by atoms with E-state index in [4.69, 9.17) is 4.74 Å². The van der Waals surface area contributed by atoms with Crippen LogP contribution in [0.5, 0.6) is 0 Å². The standard InChI is InChI=1S/C16H25N5O2/c1-23-10-13-7-21(19-18-13)8-14-6-11-4-5-20(14)9-15(11)16(22)17-12-2-3-12/h7,11-12,14-15H,2-6,8-10H2,1H3,(H,17,22)/p+1/t11-,14-,15+/m1/s1. The third kappa shape index (κ3) is 3.26. The lowest BCUT2D eigenvalue weighted by atomic mass is 9.75. The van der Waals surface area contributed by atoms with Gasteiger partial charge in [-0.2, -0.15) is 0 Å². The summed E-state index contributed by atoms with van der Waals surface area (Å²) < 4.78 is 7.03. The summed E-state index contributed by atoms with van der Waals surface area (Å²) in [6, 6.07) is 1.02. The molecular weight excluding hydrogens is 294 g/mol. The average Bonchev–Trinajstić information content (AvgIpc) is 3.27. The number of carbonyl (C=O) groups excluding carboxylic acids is 1. The first kappa shape index (κ1) is 15.1. The number of carbonyl (C=O) groups is 1. The Morgan fingerprint density at radius 1 is 1.48 bits per heavy atom. The summed E-state index contributed by atoms with van der Waals surface area (Å²) in [6.07, 6.45) is 6.61. The predicted octanol–water partition coefficient (Wildman–Crippen LogP) is -1.00. The van der Waals surface area contributed by atoms with Crippen molar-refractivity contribution >= 4 is 5.91 Å². The highest BCUT2D eigenvalue weighted by molar-refractivity contribution is 5.79. The van der Waals surface area contributed by atoms with E-state index in [1.165, 1.54) is 25.8 Å². The SMILES string of the molecule is COCc1cn(C[C@H]2C[C@H]3CC[NH+]2C[C@@H]3C(=O)NC2CC2)nn1. The maximum Gasteiger partial charge on any atom is 0.229 e. The van der Waals surface area contributed by atoms with Crippen LogP contribution in [0.3, 0.4) is 0 Å². The Balaban J connectivity index is 1.36. The summed E-state index contributed by atoms with van der Waals surface area (Å²) in [4.78, 5) is 14.0. The molecule has 126 valence electrons. The second kappa shape index (κ2) is 6.20. The van der Waals surface area contributed by atoms with E-state index in [1.54, 1.807) is 12.0 Å². The number of piperidine rings is 3. The summed E-state index contributed by atoms with van der Waals surface area (Å²) in [6.45, 7) is 3.56. The third-order valence-electron chi connectivity index (χ3n) is 5.60. The molecule has 1 saturated carbocycles. The Hall–Kier alpha value is -1.47. The molecule has 23 heavy (non-hydrogen) atoms. The molecule has 7 nitrogen and oxygen atoms in total. The van der Waals surface area contributed by atoms with Gasteiger partial charge in [-0.15, -0.1) is 5.10 Å². The Labute approximate surface area is 136 Å². The van der Waals surface area contributed by atoms with Crippen molar-refractivity contribution in [2.24, 2.45) is 11.8 Å². The summed E-state index contributed by atoms with van der Waals surface area (Å²) in [7, 11) is 1.67. The second-order valence-electron chi connectivity index (χ2n) is 7.35. The molecule has 5 rings (SSSR count). The third-order valence-corrected chi connectivity index (χ3v) is 5.60. The van der Waals surface area contributed by atoms with Crippen molar-refractivity contribution in [3.05, 3.63) is 11.9 Å². The van der Waals surface area contributed by atoms with Crippen LogP contribution >= 0.6 is 0 Å². The van der Waals surface area contributed by atoms with Crippen LogP contribution in [0, 0.1) is 11.8 Å². The fourth-order valence-corrected chi connectivity index (χ4v) is 4.22. The highest BCUT2D eigenvalue weighted by atomic mass is 16.5. The van der Waals surface area contributed by atoms with Gasteiger partial charge in [0.1, 0.15) is 11.7 Å². The zero-order chi connectivity index (χ0) is 15.8. The molecule has 2 N–H and O–H groups in total. The lowest BCUT2D eigenvalue weighted by Gasteiger charge is -2.46. The van der Waals surface area contributed by atoms with Gasteiger partial charge in [-0.1, -0.05) is 5.21 Å². The fraction of sp³-hybridized carbons (Fsp3) is 0.812. The van der Waals surface area contributed by atoms with E-state index >= 15 is 0 Å². The van der Waals surface area contributed by atoms with E-state index in [-0.39, 0.29) is 5.92 Å². The molecule has 0 spiro atoms. The summed E-state index contributed by atoms with van der Waals surface area (Å²) in [5, 5.41) is 11.5. The highest BCUT2D eigenvalue weighted by Crippen LogP contribution is 2.29. The molecule has 4 heterocycles. The number of methoxy groups -OCH3 is 1. The normalized spacial score (nSPS) is 32.9. The molecule has 1 unspecified atom stereocenters. The minimum Gasteiger partial charge on any atom is -0.378 e. The molecule has 2 bridgehead atoms. The van der Waals surface area contributed by atoms with Crippen LogP contribution in [-0.4, -0.2) is 53.2 Å². The van der Waals surface area contributed by atoms with Gasteiger partial charge in [0.25, 0.3) is 0 Å². The first-order chi connectivity index (χ1) is 11.2. The Morgan fingerprint density at radius 2 is 2.35 bits per heavy atom. The van der Waals surface area contributed by atoms with E-state index in [9.17, 15) is 4.79 Å². The van der Waals surface area contributed by atoms with Crippen molar-refractivity contribution in [2.75, 3.05) is 20.2 Å². The maximum atomic E-state index is 12.4. The Bertz CT molecular complexity index is 571. The quantitative estimate of drug-likeness (QED) is 0.705. The van der Waals surface area contributed by atoms with Gasteiger partial charge in [-0.3, -0.25) is 4.79 Å². The number of aromatic nitrogens is 3. The molecule has 0 radical (unpaired) electrons. The summed E-state index contributed by atoms with van der Waals surface area (Å²) >= 11 is 0. The van der Waals surface area contributed by atoms with E-state index in [0.717, 1.165) is 25.2 Å². The molecule has 1 amide bonds. The van der Waals surface area contributed by atoms with Gasteiger partial charge in [-0.05, 0) is 18.8 Å². The molecular formula is C16H26N5O2+. The molecule has 3 saturated heterocycles. The van der Waals surface area contributed by atoms with Crippen molar-refractivity contribution in [3.8, 4) is 0 Å². The summed E-state index contributed by atoms with van der Waals surface area (Å²) in [5.41, 5.74) is 0.875. The molecule has 4 fully saturated rings. The van der Waals surface area contributed by atoms with Crippen molar-refractivity contribution in [1.29, 1.82) is 0 Å². The van der Waals surface area contributed by atoms with Crippen LogP contribution in [0.2, 0.25) is 0 Å². The zero-order valence-electron chi connectivity index (χ0n) is 13.7. The first-order valence-electron chi connectivity index (χ1n) is 8.76. The first-order valence-corrected chi connectivity index (χ1v) is 8.76. The van der Waals surface area contributed by atoms with Gasteiger partial charge in [-0.25, -0.2) is 4.68 Å². The zero-order valence-corrected chi connectivity index (χ0v) is 13.7. The van der Waals surface area contributed by atoms with Crippen molar-refractivity contribution < 1.29 is 14.4 Å². The number of nitrogens with zero attached hydrogens (tertiary/aromatic N) is 3. The number of hydrogen-bond donors (Lipinski definition) is 2. The largest absolute Gasteiger partial charge is 0.378 e. The molecule has 1 aromatic heterocycles. The number of rotatable bonds is 6. The summed E-state index contributed by atoms with van der Waals surface area (Å²) in [5.74, 6) is 1.06. The minimum absolute atomic E-state index is 0.218. The van der Waals surface area contributed by atoms with Crippen LogP contribution in [0.25, 0.3) is 0 Å². The van der Waals surface area contributed by atoms with Crippen molar-refractivity contribution in [2.45, 2.75) is 50.9 Å². The van der Waals surface area contributed by atoms with Crippen LogP contribution in [0.4, 0.5) is 0 Å². The van der Waals surface area contributed by atoms with Gasteiger partial charge in [0.2, 0.25) is 5.91 Å². The van der Waals surface area contributed by atoms with Crippen molar-refractivity contribution in [3.63, 3.8) is 0 Å². The predicted molar refractivity (Wildman–Crippen MR) is 82.6 cm³/mol. The smallest absolute Gasteiger partial charge is 0.229 e. The van der Waals surface area contributed by atoms with Crippen LogP contribution in [-0.2, 0) is 22.7 Å². The lowest BCUT2D eigenvalue weighted by molar-refractivity contribution is -0.945. The number of quaternary nitrogens is 1. The number of hydrogen-bond acceptors (Lipinski definition) is 4. The molecule has 1 aliphatic carbocycles. The Kier molecular flexibility index (Phi) is 4.07. The minimum atomic E-state index is 0.218. The fourth-order valence-electron chi connectivity index (χ4n) is 4.22. The van der Waals surface area contributed by atoms with Gasteiger partial charge >= 0.3 is 0 Å². The number of fused-ring (bicyclic) bond motifs is 3. The van der Waals surface area contributed by atoms with Gasteiger partial charge in [0.05, 0.1) is 38.4 Å². The maximum absolute atomic E-state index is 12.4. The van der Waals surface area contributed by atoms with E-state index in [0.29, 0.717) is 30.5 Å². The van der Waals surface area contributed by atoms with E-state index in [2.05, 4.69) is 15.6 Å². The number of ether oxygens (including phenoxy) is 1. The second-order valence-corrected chi connectivity index (χ2v) is 7.35. The molecule has 4 aliphatic rings. The Morgan fingerprint density at radius 3 is 3.04 bits per heavy atom. The molecule has 3 aliphatic heterocycles. The van der Waals surface area contributed by atoms with Crippen LogP contribution in [0.15, 0.2) is 6.20 Å². The van der Waals surface area contributed by atoms with Gasteiger partial charge in [0.15, 0.2) is 0 Å². The number of amides is 1. The number of nitrogens with one attached hydrogen (secondary N) is 2. The van der Waals surface area contributed by atoms with E-state index in [1.807, 2.05) is 10.9 Å².